The Morgan fingerprint density at radius 3 is 2.52 bits per heavy atom. The second kappa shape index (κ2) is 13.3. The monoisotopic (exact) mass is 322 g/mol. The predicted octanol–water partition coefficient (Wildman–Crippen LogP) is 1.89. The molecule has 126 valence electrons. The molecule has 0 aromatic rings. The van der Waals surface area contributed by atoms with Crippen LogP contribution in [0.3, 0.4) is 0 Å². The Hall–Kier alpha value is -0.360. The van der Waals surface area contributed by atoms with Gasteiger partial charge in [-0.05, 0) is 19.3 Å². The van der Waals surface area contributed by atoms with E-state index in [9.17, 15) is 4.79 Å². The summed E-state index contributed by atoms with van der Waals surface area (Å²) >= 11 is 0. The number of hydrogen-bond donors (Lipinski definition) is 2. The zero-order valence-electron chi connectivity index (χ0n) is 13.4. The van der Waals surface area contributed by atoms with Crippen molar-refractivity contribution in [3.05, 3.63) is 0 Å². The number of carbonyl (C=O) groups excluding carboxylic acids is 1. The van der Waals surface area contributed by atoms with Crippen molar-refractivity contribution < 1.29 is 14.3 Å². The fraction of sp³-hybridized carbons (Fsp3) is 0.933. The average molecular weight is 323 g/mol. The van der Waals surface area contributed by atoms with Crippen LogP contribution in [0.25, 0.3) is 0 Å². The van der Waals surface area contributed by atoms with Crippen LogP contribution in [0.15, 0.2) is 0 Å². The van der Waals surface area contributed by atoms with E-state index in [1.807, 2.05) is 6.92 Å². The summed E-state index contributed by atoms with van der Waals surface area (Å²) in [6.45, 7) is 4.89. The topological polar surface area (TPSA) is 59.6 Å². The molecule has 0 spiro atoms. The van der Waals surface area contributed by atoms with Crippen LogP contribution in [-0.4, -0.2) is 51.5 Å². The fourth-order valence-electron chi connectivity index (χ4n) is 2.46. The molecule has 1 unspecified atom stereocenters. The lowest BCUT2D eigenvalue weighted by molar-refractivity contribution is -0.138. The number of amides is 1. The number of halogens is 1. The predicted molar refractivity (Wildman–Crippen MR) is 87.0 cm³/mol. The largest absolute Gasteiger partial charge is 0.383 e. The second-order valence-electron chi connectivity index (χ2n) is 5.33. The molecule has 0 saturated heterocycles. The molecule has 0 aromatic carbocycles. The molecule has 21 heavy (non-hydrogen) atoms. The first kappa shape index (κ1) is 20.6. The van der Waals surface area contributed by atoms with Gasteiger partial charge in [-0.1, -0.05) is 26.2 Å². The highest BCUT2D eigenvalue weighted by Crippen LogP contribution is 2.22. The van der Waals surface area contributed by atoms with Crippen LogP contribution in [0.4, 0.5) is 0 Å². The summed E-state index contributed by atoms with van der Waals surface area (Å²) in [5, 5.41) is 6.13. The molecule has 0 bridgehead atoms. The maximum Gasteiger partial charge on any atom is 0.249 e. The molecule has 1 rings (SSSR count). The van der Waals surface area contributed by atoms with Crippen molar-refractivity contribution in [2.24, 2.45) is 0 Å². The van der Waals surface area contributed by atoms with Crippen molar-refractivity contribution in [1.29, 1.82) is 0 Å². The summed E-state index contributed by atoms with van der Waals surface area (Å²) in [4.78, 5) is 12.0. The molecular weight excluding hydrogens is 292 g/mol. The molecule has 5 nitrogen and oxygen atoms in total. The van der Waals surface area contributed by atoms with Crippen LogP contribution in [-0.2, 0) is 14.3 Å². The van der Waals surface area contributed by atoms with Crippen LogP contribution in [0.5, 0.6) is 0 Å². The van der Waals surface area contributed by atoms with E-state index in [0.717, 1.165) is 32.4 Å². The summed E-state index contributed by atoms with van der Waals surface area (Å²) in [5.41, 5.74) is 0. The minimum atomic E-state index is -0.294. The van der Waals surface area contributed by atoms with E-state index in [0.29, 0.717) is 13.2 Å². The van der Waals surface area contributed by atoms with E-state index >= 15 is 0 Å². The van der Waals surface area contributed by atoms with Gasteiger partial charge in [0.1, 0.15) is 6.10 Å². The Morgan fingerprint density at radius 2 is 1.90 bits per heavy atom. The molecule has 0 radical (unpaired) electrons. The van der Waals surface area contributed by atoms with Gasteiger partial charge in [-0.2, -0.15) is 0 Å². The van der Waals surface area contributed by atoms with Gasteiger partial charge in [-0.3, -0.25) is 4.79 Å². The summed E-state index contributed by atoms with van der Waals surface area (Å²) in [7, 11) is 1.68. The first-order valence-electron chi connectivity index (χ1n) is 7.90. The highest BCUT2D eigenvalue weighted by atomic mass is 35.5. The average Bonchev–Trinajstić information content (AvgIpc) is 2.49. The quantitative estimate of drug-likeness (QED) is 0.603. The Kier molecular flexibility index (Phi) is 13.1. The third kappa shape index (κ3) is 9.30. The third-order valence-corrected chi connectivity index (χ3v) is 3.66. The first-order valence-corrected chi connectivity index (χ1v) is 7.90. The Balaban J connectivity index is 0.00000400. The molecule has 0 aromatic heterocycles. The highest BCUT2D eigenvalue weighted by molar-refractivity contribution is 5.85. The number of nitrogens with one attached hydrogen (secondary N) is 2. The van der Waals surface area contributed by atoms with Gasteiger partial charge in [0.2, 0.25) is 5.91 Å². The van der Waals surface area contributed by atoms with E-state index in [2.05, 4.69) is 10.6 Å². The second-order valence-corrected chi connectivity index (χ2v) is 5.33. The van der Waals surface area contributed by atoms with Gasteiger partial charge in [0, 0.05) is 26.7 Å². The third-order valence-electron chi connectivity index (χ3n) is 3.66. The minimum absolute atomic E-state index is 0. The summed E-state index contributed by atoms with van der Waals surface area (Å²) in [5.74, 6) is 0.0200. The molecule has 1 fully saturated rings. The van der Waals surface area contributed by atoms with Gasteiger partial charge < -0.3 is 20.1 Å². The molecule has 1 atom stereocenters. The number of ether oxygens (including phenoxy) is 2. The zero-order chi connectivity index (χ0) is 14.6. The number of rotatable bonds is 10. The maximum atomic E-state index is 12.0. The molecule has 0 heterocycles. The van der Waals surface area contributed by atoms with Crippen LogP contribution < -0.4 is 10.6 Å². The Bertz CT molecular complexity index is 261. The first-order chi connectivity index (χ1) is 9.77. The molecule has 2 N–H and O–H groups in total. The molecule has 0 aliphatic heterocycles. The lowest BCUT2D eigenvalue weighted by Gasteiger charge is -2.26. The van der Waals surface area contributed by atoms with Gasteiger partial charge in [-0.15, -0.1) is 12.4 Å². The van der Waals surface area contributed by atoms with Crippen molar-refractivity contribution in [2.75, 3.05) is 33.4 Å². The van der Waals surface area contributed by atoms with E-state index in [4.69, 9.17) is 9.47 Å². The number of methoxy groups -OCH3 is 1. The standard InChI is InChI=1S/C15H30N2O3.ClH/c1-3-14(20-13-7-5-4-6-8-13)15(18)17-10-9-16-11-12-19-2;/h13-14,16H,3-12H2,1-2H3,(H,17,18);1H. The Labute approximate surface area is 134 Å². The number of carbonyl (C=O) groups is 1. The SMILES string of the molecule is CCC(OC1CCCCC1)C(=O)NCCNCCOC.Cl. The summed E-state index contributed by atoms with van der Waals surface area (Å²) in [6.07, 6.45) is 6.68. The van der Waals surface area contributed by atoms with Crippen LogP contribution in [0.1, 0.15) is 45.4 Å². The molecule has 1 saturated carbocycles. The molecule has 1 aliphatic rings. The van der Waals surface area contributed by atoms with Crippen molar-refractivity contribution in [3.63, 3.8) is 0 Å². The number of hydrogen-bond acceptors (Lipinski definition) is 4. The van der Waals surface area contributed by atoms with Crippen molar-refractivity contribution in [1.82, 2.24) is 10.6 Å². The van der Waals surface area contributed by atoms with E-state index in [-0.39, 0.29) is 30.5 Å². The van der Waals surface area contributed by atoms with Crippen molar-refractivity contribution in [3.8, 4) is 0 Å². The molecule has 1 amide bonds. The normalized spacial score (nSPS) is 17.0. The van der Waals surface area contributed by atoms with E-state index < -0.39 is 0 Å². The fourth-order valence-corrected chi connectivity index (χ4v) is 2.46. The smallest absolute Gasteiger partial charge is 0.249 e. The van der Waals surface area contributed by atoms with Crippen LogP contribution >= 0.6 is 12.4 Å². The molecule has 1 aliphatic carbocycles. The van der Waals surface area contributed by atoms with Gasteiger partial charge in [0.05, 0.1) is 12.7 Å². The van der Waals surface area contributed by atoms with Gasteiger partial charge in [0.15, 0.2) is 0 Å². The van der Waals surface area contributed by atoms with Gasteiger partial charge in [-0.25, -0.2) is 0 Å². The Morgan fingerprint density at radius 1 is 1.19 bits per heavy atom. The van der Waals surface area contributed by atoms with Crippen LogP contribution in [0, 0.1) is 0 Å². The summed E-state index contributed by atoms with van der Waals surface area (Å²) in [6, 6.07) is 0. The van der Waals surface area contributed by atoms with E-state index in [1.54, 1.807) is 7.11 Å². The lowest BCUT2D eigenvalue weighted by atomic mass is 9.97. The molecular formula is C15H31ClN2O3. The van der Waals surface area contributed by atoms with Gasteiger partial charge in [0.25, 0.3) is 0 Å². The maximum absolute atomic E-state index is 12.0. The van der Waals surface area contributed by atoms with Crippen molar-refractivity contribution >= 4 is 18.3 Å². The highest BCUT2D eigenvalue weighted by Gasteiger charge is 2.22. The zero-order valence-corrected chi connectivity index (χ0v) is 14.2. The van der Waals surface area contributed by atoms with Crippen LogP contribution in [0.2, 0.25) is 0 Å². The van der Waals surface area contributed by atoms with Crippen molar-refractivity contribution in [2.45, 2.75) is 57.7 Å². The lowest BCUT2D eigenvalue weighted by Crippen LogP contribution is -2.41. The minimum Gasteiger partial charge on any atom is -0.383 e. The van der Waals surface area contributed by atoms with Gasteiger partial charge >= 0.3 is 0 Å². The summed E-state index contributed by atoms with van der Waals surface area (Å²) < 4.78 is 10.9. The van der Waals surface area contributed by atoms with E-state index in [1.165, 1.54) is 19.3 Å². The molecule has 6 heteroatoms.